The first-order chi connectivity index (χ1) is 9.10. The van der Waals surface area contributed by atoms with Gasteiger partial charge in [0.05, 0.1) is 11.5 Å². The van der Waals surface area contributed by atoms with E-state index < -0.39 is 34.2 Å². The SMILES string of the molecule is Cc1ccc(S(=O)(=O)O[C@@H](C(N)=O)C(C)(C)CO)cc1. The predicted octanol–water partition coefficient (Wildman–Crippen LogP) is 0.573. The number of aryl methyl sites for hydroxylation is 1. The van der Waals surface area contributed by atoms with Gasteiger partial charge in [-0.2, -0.15) is 8.42 Å². The predicted molar refractivity (Wildman–Crippen MR) is 73.3 cm³/mol. The smallest absolute Gasteiger partial charge is 0.297 e. The van der Waals surface area contributed by atoms with Crippen molar-refractivity contribution in [3.05, 3.63) is 29.8 Å². The summed E-state index contributed by atoms with van der Waals surface area (Å²) in [4.78, 5) is 11.3. The molecular formula is C13H19NO5S. The first kappa shape index (κ1) is 16.6. The van der Waals surface area contributed by atoms with Crippen LogP contribution in [0.5, 0.6) is 0 Å². The lowest BCUT2D eigenvalue weighted by Gasteiger charge is -2.29. The van der Waals surface area contributed by atoms with Gasteiger partial charge in [0.15, 0.2) is 6.10 Å². The molecule has 0 fully saturated rings. The summed E-state index contributed by atoms with van der Waals surface area (Å²) in [6.07, 6.45) is -1.45. The fourth-order valence-corrected chi connectivity index (χ4v) is 2.72. The molecule has 0 unspecified atom stereocenters. The molecule has 3 N–H and O–H groups in total. The van der Waals surface area contributed by atoms with Gasteiger partial charge in [-0.1, -0.05) is 31.5 Å². The van der Waals surface area contributed by atoms with Crippen LogP contribution >= 0.6 is 0 Å². The Balaban J connectivity index is 3.10. The Bertz CT molecular complexity index is 577. The number of hydrogen-bond donors (Lipinski definition) is 2. The zero-order valence-electron chi connectivity index (χ0n) is 11.7. The quantitative estimate of drug-likeness (QED) is 0.747. The Kier molecular flexibility index (Phi) is 4.90. The van der Waals surface area contributed by atoms with E-state index in [4.69, 9.17) is 9.92 Å². The number of carbonyl (C=O) groups excluding carboxylic acids is 1. The number of rotatable bonds is 6. The van der Waals surface area contributed by atoms with Gasteiger partial charge in [-0.15, -0.1) is 0 Å². The van der Waals surface area contributed by atoms with Crippen LogP contribution in [-0.2, 0) is 19.1 Å². The molecule has 0 bridgehead atoms. The molecule has 1 amide bonds. The maximum absolute atomic E-state index is 12.1. The van der Waals surface area contributed by atoms with Gasteiger partial charge in [0.1, 0.15) is 0 Å². The van der Waals surface area contributed by atoms with Gasteiger partial charge in [0.25, 0.3) is 10.1 Å². The number of carbonyl (C=O) groups is 1. The molecule has 7 heteroatoms. The lowest BCUT2D eigenvalue weighted by atomic mass is 9.87. The summed E-state index contributed by atoms with van der Waals surface area (Å²) in [5.74, 6) is -0.945. The minimum atomic E-state index is -4.13. The third-order valence-electron chi connectivity index (χ3n) is 2.91. The Morgan fingerprint density at radius 1 is 1.35 bits per heavy atom. The number of amides is 1. The van der Waals surface area contributed by atoms with E-state index in [1.807, 2.05) is 6.92 Å². The molecule has 0 aliphatic rings. The van der Waals surface area contributed by atoms with Crippen molar-refractivity contribution in [1.82, 2.24) is 0 Å². The highest BCUT2D eigenvalue weighted by molar-refractivity contribution is 7.86. The molecule has 1 aromatic rings. The van der Waals surface area contributed by atoms with Crippen LogP contribution in [0.1, 0.15) is 19.4 Å². The highest BCUT2D eigenvalue weighted by Gasteiger charge is 2.38. The second-order valence-corrected chi connectivity index (χ2v) is 6.86. The van der Waals surface area contributed by atoms with Crippen molar-refractivity contribution in [1.29, 1.82) is 0 Å². The van der Waals surface area contributed by atoms with E-state index in [9.17, 15) is 18.3 Å². The molecule has 0 radical (unpaired) electrons. The first-order valence-electron chi connectivity index (χ1n) is 6.00. The number of aliphatic hydroxyl groups is 1. The van der Waals surface area contributed by atoms with Crippen molar-refractivity contribution < 1.29 is 22.5 Å². The van der Waals surface area contributed by atoms with E-state index in [0.717, 1.165) is 5.56 Å². The minimum absolute atomic E-state index is 0.0666. The Morgan fingerprint density at radius 2 is 1.85 bits per heavy atom. The largest absolute Gasteiger partial charge is 0.396 e. The molecule has 0 saturated carbocycles. The van der Waals surface area contributed by atoms with Gasteiger partial charge in [0.2, 0.25) is 5.91 Å². The molecule has 1 atom stereocenters. The summed E-state index contributed by atoms with van der Waals surface area (Å²) in [7, 11) is -4.13. The molecule has 0 aliphatic carbocycles. The van der Waals surface area contributed by atoms with E-state index in [2.05, 4.69) is 0 Å². The molecule has 1 rings (SSSR count). The summed E-state index contributed by atoms with van der Waals surface area (Å²) < 4.78 is 29.1. The maximum Gasteiger partial charge on any atom is 0.297 e. The highest BCUT2D eigenvalue weighted by Crippen LogP contribution is 2.26. The van der Waals surface area contributed by atoms with Gasteiger partial charge < -0.3 is 10.8 Å². The van der Waals surface area contributed by atoms with E-state index in [0.29, 0.717) is 0 Å². The van der Waals surface area contributed by atoms with E-state index in [-0.39, 0.29) is 4.90 Å². The van der Waals surface area contributed by atoms with Crippen LogP contribution in [0, 0.1) is 12.3 Å². The van der Waals surface area contributed by atoms with Gasteiger partial charge in [0, 0.05) is 5.41 Å². The monoisotopic (exact) mass is 301 g/mol. The van der Waals surface area contributed by atoms with Crippen LogP contribution in [0.2, 0.25) is 0 Å². The molecule has 20 heavy (non-hydrogen) atoms. The van der Waals surface area contributed by atoms with Crippen LogP contribution in [0.3, 0.4) is 0 Å². The van der Waals surface area contributed by atoms with Crippen molar-refractivity contribution in [3.8, 4) is 0 Å². The van der Waals surface area contributed by atoms with Crippen molar-refractivity contribution in [2.75, 3.05) is 6.61 Å². The number of hydrogen-bond acceptors (Lipinski definition) is 5. The number of nitrogens with two attached hydrogens (primary N) is 1. The van der Waals surface area contributed by atoms with Crippen molar-refractivity contribution >= 4 is 16.0 Å². The average Bonchev–Trinajstić information content (AvgIpc) is 2.36. The van der Waals surface area contributed by atoms with E-state index >= 15 is 0 Å². The molecule has 0 aromatic heterocycles. The van der Waals surface area contributed by atoms with Gasteiger partial charge in [-0.25, -0.2) is 0 Å². The van der Waals surface area contributed by atoms with Gasteiger partial charge in [-0.05, 0) is 19.1 Å². The summed E-state index contributed by atoms with van der Waals surface area (Å²) in [5, 5.41) is 9.23. The normalized spacial score (nSPS) is 14.0. The highest BCUT2D eigenvalue weighted by atomic mass is 32.2. The summed E-state index contributed by atoms with van der Waals surface area (Å²) in [5.41, 5.74) is 4.96. The maximum atomic E-state index is 12.1. The average molecular weight is 301 g/mol. The van der Waals surface area contributed by atoms with Gasteiger partial charge in [-0.3, -0.25) is 8.98 Å². The standard InChI is InChI=1S/C13H19NO5S/c1-9-4-6-10(7-5-9)20(17,18)19-11(12(14)16)13(2,3)8-15/h4-7,11,15H,8H2,1-3H3,(H2,14,16)/t11-/m0/s1. The fourth-order valence-electron chi connectivity index (χ4n) is 1.53. The van der Waals surface area contributed by atoms with Crippen molar-refractivity contribution in [3.63, 3.8) is 0 Å². The second kappa shape index (κ2) is 5.90. The van der Waals surface area contributed by atoms with Crippen LogP contribution in [0.15, 0.2) is 29.2 Å². The molecule has 6 nitrogen and oxygen atoms in total. The van der Waals surface area contributed by atoms with Crippen molar-refractivity contribution in [2.45, 2.75) is 31.8 Å². The topological polar surface area (TPSA) is 107 Å². The molecule has 0 aliphatic heterocycles. The molecule has 0 heterocycles. The second-order valence-electron chi connectivity index (χ2n) is 5.29. The molecular weight excluding hydrogens is 282 g/mol. The van der Waals surface area contributed by atoms with Gasteiger partial charge >= 0.3 is 0 Å². The summed E-state index contributed by atoms with van der Waals surface area (Å²) in [6.45, 7) is 4.36. The lowest BCUT2D eigenvalue weighted by Crippen LogP contribution is -2.46. The first-order valence-corrected chi connectivity index (χ1v) is 7.41. The molecule has 112 valence electrons. The van der Waals surface area contributed by atoms with Crippen LogP contribution in [0.25, 0.3) is 0 Å². The van der Waals surface area contributed by atoms with E-state index in [1.165, 1.54) is 26.0 Å². The zero-order valence-corrected chi connectivity index (χ0v) is 12.5. The Hall–Kier alpha value is -1.44. The van der Waals surface area contributed by atoms with E-state index in [1.54, 1.807) is 12.1 Å². The molecule has 0 saturated heterocycles. The number of benzene rings is 1. The molecule has 0 spiro atoms. The number of primary amides is 1. The summed E-state index contributed by atoms with van der Waals surface area (Å²) in [6, 6.07) is 6.00. The van der Waals surface area contributed by atoms with Crippen LogP contribution in [0.4, 0.5) is 0 Å². The number of aliphatic hydroxyl groups excluding tert-OH is 1. The van der Waals surface area contributed by atoms with Crippen LogP contribution in [-0.4, -0.2) is 32.1 Å². The third kappa shape index (κ3) is 3.78. The Labute approximate surface area is 118 Å². The molecule has 1 aromatic carbocycles. The fraction of sp³-hybridized carbons (Fsp3) is 0.462. The Morgan fingerprint density at radius 3 is 2.25 bits per heavy atom. The minimum Gasteiger partial charge on any atom is -0.396 e. The van der Waals surface area contributed by atoms with Crippen molar-refractivity contribution in [2.24, 2.45) is 11.1 Å². The zero-order chi connectivity index (χ0) is 15.6. The lowest BCUT2D eigenvalue weighted by molar-refractivity contribution is -0.131. The third-order valence-corrected chi connectivity index (χ3v) is 4.20. The van der Waals surface area contributed by atoms with Crippen LogP contribution < -0.4 is 5.73 Å². The summed E-state index contributed by atoms with van der Waals surface area (Å²) >= 11 is 0.